The summed E-state index contributed by atoms with van der Waals surface area (Å²) in [5.41, 5.74) is 1.72. The molecule has 0 atom stereocenters. The number of carboxylic acid groups (broad SMARTS) is 1. The molecule has 0 radical (unpaired) electrons. The zero-order chi connectivity index (χ0) is 21.5. The van der Waals surface area contributed by atoms with Gasteiger partial charge in [0.15, 0.2) is 5.16 Å². The minimum Gasteiger partial charge on any atom is -0.478 e. The summed E-state index contributed by atoms with van der Waals surface area (Å²) in [7, 11) is 1.85. The van der Waals surface area contributed by atoms with Gasteiger partial charge in [-0.25, -0.2) is 9.18 Å². The Balaban J connectivity index is 1.46. The Morgan fingerprint density at radius 3 is 2.43 bits per heavy atom. The van der Waals surface area contributed by atoms with Gasteiger partial charge in [-0.3, -0.25) is 4.79 Å². The van der Waals surface area contributed by atoms with Crippen molar-refractivity contribution in [1.29, 1.82) is 0 Å². The summed E-state index contributed by atoms with van der Waals surface area (Å²) in [6.07, 6.45) is 0. The van der Waals surface area contributed by atoms with Gasteiger partial charge < -0.3 is 15.0 Å². The van der Waals surface area contributed by atoms with Gasteiger partial charge in [0.05, 0.1) is 17.1 Å². The minimum atomic E-state index is -1.02. The summed E-state index contributed by atoms with van der Waals surface area (Å²) in [4.78, 5) is 23.0. The normalized spacial score (nSPS) is 10.7. The van der Waals surface area contributed by atoms with E-state index in [0.29, 0.717) is 16.6 Å². The van der Waals surface area contributed by atoms with Gasteiger partial charge in [-0.15, -0.1) is 22.0 Å². The molecule has 2 aromatic carbocycles. The van der Waals surface area contributed by atoms with E-state index in [4.69, 9.17) is 5.11 Å². The monoisotopic (exact) mass is 446 g/mol. The van der Waals surface area contributed by atoms with E-state index in [2.05, 4.69) is 15.5 Å². The van der Waals surface area contributed by atoms with Crippen LogP contribution in [-0.2, 0) is 23.3 Å². The van der Waals surface area contributed by atoms with E-state index in [9.17, 15) is 14.0 Å². The Labute approximate surface area is 181 Å². The smallest absolute Gasteiger partial charge is 0.335 e. The van der Waals surface area contributed by atoms with E-state index in [1.165, 1.54) is 36.0 Å². The fourth-order valence-corrected chi connectivity index (χ4v) is 4.15. The maximum absolute atomic E-state index is 12.9. The van der Waals surface area contributed by atoms with Gasteiger partial charge in [0, 0.05) is 18.5 Å². The fourth-order valence-electron chi connectivity index (χ4n) is 2.46. The van der Waals surface area contributed by atoms with Crippen molar-refractivity contribution in [3.63, 3.8) is 0 Å². The van der Waals surface area contributed by atoms with E-state index in [1.54, 1.807) is 36.0 Å². The zero-order valence-corrected chi connectivity index (χ0v) is 17.7. The van der Waals surface area contributed by atoms with Crippen LogP contribution in [-0.4, -0.2) is 37.5 Å². The van der Waals surface area contributed by atoms with E-state index in [0.717, 1.165) is 17.1 Å². The number of thioether (sulfide) groups is 2. The number of benzene rings is 2. The number of halogens is 1. The van der Waals surface area contributed by atoms with Crippen LogP contribution in [0.15, 0.2) is 53.7 Å². The fraction of sp³-hybridized carbons (Fsp3) is 0.200. The first-order chi connectivity index (χ1) is 14.4. The lowest BCUT2D eigenvalue weighted by Gasteiger charge is -2.06. The third kappa shape index (κ3) is 6.07. The summed E-state index contributed by atoms with van der Waals surface area (Å²) >= 11 is 2.91. The first-order valence-electron chi connectivity index (χ1n) is 8.89. The number of nitrogens with zero attached hydrogens (tertiary/aromatic N) is 3. The van der Waals surface area contributed by atoms with Crippen LogP contribution >= 0.6 is 23.5 Å². The number of rotatable bonds is 9. The van der Waals surface area contributed by atoms with Crippen LogP contribution in [0.3, 0.4) is 0 Å². The van der Waals surface area contributed by atoms with Gasteiger partial charge in [-0.05, 0) is 42.0 Å². The number of hydrogen-bond acceptors (Lipinski definition) is 6. The first kappa shape index (κ1) is 21.8. The van der Waals surface area contributed by atoms with Crippen LogP contribution in [0.25, 0.3) is 0 Å². The van der Waals surface area contributed by atoms with Crippen molar-refractivity contribution in [2.45, 2.75) is 16.7 Å². The molecule has 0 spiro atoms. The van der Waals surface area contributed by atoms with Crippen LogP contribution in [0.1, 0.15) is 21.7 Å². The Kier molecular flexibility index (Phi) is 7.47. The van der Waals surface area contributed by atoms with Crippen LogP contribution in [0.4, 0.5) is 10.1 Å². The van der Waals surface area contributed by atoms with Crippen LogP contribution in [0.2, 0.25) is 0 Å². The van der Waals surface area contributed by atoms with Crippen molar-refractivity contribution in [3.8, 4) is 0 Å². The molecule has 7 nitrogen and oxygen atoms in total. The predicted octanol–water partition coefficient (Wildman–Crippen LogP) is 3.82. The number of aromatic carboxylic acids is 1. The lowest BCUT2D eigenvalue weighted by Crippen LogP contribution is -2.14. The SMILES string of the molecule is Cn1c(CSCc2ccc(F)cc2)nnc1SCC(=O)Nc1ccc(C(=O)O)cc1. The third-order valence-corrected chi connectivity index (χ3v) is 6.11. The first-order valence-corrected chi connectivity index (χ1v) is 11.0. The highest BCUT2D eigenvalue weighted by Gasteiger charge is 2.12. The number of anilines is 1. The number of aromatic nitrogens is 3. The average Bonchev–Trinajstić information content (AvgIpc) is 3.08. The molecule has 10 heteroatoms. The lowest BCUT2D eigenvalue weighted by atomic mass is 10.2. The molecule has 2 N–H and O–H groups in total. The molecule has 0 unspecified atom stereocenters. The number of amides is 1. The van der Waals surface area contributed by atoms with Gasteiger partial charge in [0.1, 0.15) is 11.6 Å². The Hall–Kier alpha value is -2.85. The van der Waals surface area contributed by atoms with Crippen LogP contribution in [0.5, 0.6) is 0 Å². The molecule has 0 aliphatic heterocycles. The standard InChI is InChI=1S/C20H19FN4O3S2/c1-25-17(11-29-10-13-2-6-15(21)7-3-13)23-24-20(25)30-12-18(26)22-16-8-4-14(5-9-16)19(27)28/h2-9H,10-12H2,1H3,(H,22,26)(H,27,28). The Morgan fingerprint density at radius 1 is 1.07 bits per heavy atom. The molecule has 0 fully saturated rings. The van der Waals surface area contributed by atoms with Gasteiger partial charge in [0.25, 0.3) is 0 Å². The second-order valence-electron chi connectivity index (χ2n) is 6.30. The van der Waals surface area contributed by atoms with E-state index in [1.807, 2.05) is 11.6 Å². The summed E-state index contributed by atoms with van der Waals surface area (Å²) in [5.74, 6) is 0.822. The zero-order valence-electron chi connectivity index (χ0n) is 16.0. The third-order valence-electron chi connectivity index (χ3n) is 4.09. The van der Waals surface area contributed by atoms with Crippen molar-refractivity contribution >= 4 is 41.1 Å². The number of carbonyl (C=O) groups is 2. The number of carbonyl (C=O) groups excluding carboxylic acids is 1. The van der Waals surface area contributed by atoms with Gasteiger partial charge in [-0.1, -0.05) is 23.9 Å². The number of hydrogen-bond donors (Lipinski definition) is 2. The molecule has 1 amide bonds. The van der Waals surface area contributed by atoms with Gasteiger partial charge in [-0.2, -0.15) is 0 Å². The average molecular weight is 447 g/mol. The molecule has 3 aromatic rings. The maximum atomic E-state index is 12.9. The highest BCUT2D eigenvalue weighted by Crippen LogP contribution is 2.21. The molecular weight excluding hydrogens is 427 g/mol. The number of carboxylic acids is 1. The molecule has 0 saturated heterocycles. The molecule has 0 saturated carbocycles. The molecule has 1 aromatic heterocycles. The molecule has 0 aliphatic carbocycles. The lowest BCUT2D eigenvalue weighted by molar-refractivity contribution is -0.113. The van der Waals surface area contributed by atoms with Crippen molar-refractivity contribution in [2.24, 2.45) is 7.05 Å². The molecule has 3 rings (SSSR count). The largest absolute Gasteiger partial charge is 0.478 e. The molecular formula is C20H19FN4O3S2. The molecule has 156 valence electrons. The molecule has 30 heavy (non-hydrogen) atoms. The Bertz CT molecular complexity index is 1020. The molecule has 0 aliphatic rings. The van der Waals surface area contributed by atoms with Crippen molar-refractivity contribution in [3.05, 3.63) is 71.3 Å². The number of nitrogens with one attached hydrogen (secondary N) is 1. The summed E-state index contributed by atoms with van der Waals surface area (Å²) in [6.45, 7) is 0. The minimum absolute atomic E-state index is 0.148. The van der Waals surface area contributed by atoms with Crippen LogP contribution in [0, 0.1) is 5.82 Å². The Morgan fingerprint density at radius 2 is 1.77 bits per heavy atom. The molecule has 0 bridgehead atoms. The second kappa shape index (κ2) is 10.3. The van der Waals surface area contributed by atoms with Crippen molar-refractivity contribution < 1.29 is 19.1 Å². The summed E-state index contributed by atoms with van der Waals surface area (Å²) in [6, 6.07) is 12.4. The van der Waals surface area contributed by atoms with E-state index in [-0.39, 0.29) is 23.0 Å². The van der Waals surface area contributed by atoms with Crippen molar-refractivity contribution in [1.82, 2.24) is 14.8 Å². The quantitative estimate of drug-likeness (QED) is 0.482. The summed E-state index contributed by atoms with van der Waals surface area (Å²) in [5, 5.41) is 20.5. The second-order valence-corrected chi connectivity index (χ2v) is 8.22. The maximum Gasteiger partial charge on any atom is 0.335 e. The van der Waals surface area contributed by atoms with E-state index >= 15 is 0 Å². The van der Waals surface area contributed by atoms with Crippen molar-refractivity contribution in [2.75, 3.05) is 11.1 Å². The highest BCUT2D eigenvalue weighted by atomic mass is 32.2. The topological polar surface area (TPSA) is 97.1 Å². The molecule has 1 heterocycles. The van der Waals surface area contributed by atoms with Crippen LogP contribution < -0.4 is 5.32 Å². The van der Waals surface area contributed by atoms with E-state index < -0.39 is 5.97 Å². The van der Waals surface area contributed by atoms with Gasteiger partial charge in [0.2, 0.25) is 5.91 Å². The highest BCUT2D eigenvalue weighted by molar-refractivity contribution is 7.99. The summed E-state index contributed by atoms with van der Waals surface area (Å²) < 4.78 is 14.8. The van der Waals surface area contributed by atoms with Gasteiger partial charge >= 0.3 is 5.97 Å². The predicted molar refractivity (Wildman–Crippen MR) is 115 cm³/mol.